The van der Waals surface area contributed by atoms with Crippen LogP contribution in [0.4, 0.5) is 11.6 Å². The number of benzene rings is 2. The molecule has 0 radical (unpaired) electrons. The van der Waals surface area contributed by atoms with E-state index in [2.05, 4.69) is 65.7 Å². The molecule has 0 N–H and O–H groups in total. The van der Waals surface area contributed by atoms with Crippen LogP contribution in [0.5, 0.6) is 0 Å². The van der Waals surface area contributed by atoms with Gasteiger partial charge < -0.3 is 28.6 Å². The zero-order valence-electron chi connectivity index (χ0n) is 51.4. The van der Waals surface area contributed by atoms with E-state index in [0.29, 0.717) is 16.3 Å². The van der Waals surface area contributed by atoms with Gasteiger partial charge in [-0.1, -0.05) is 69.6 Å². The minimum Gasteiger partial charge on any atom is -0.461 e. The summed E-state index contributed by atoms with van der Waals surface area (Å²) in [5.41, 5.74) is 9.33. The fourth-order valence-electron chi connectivity index (χ4n) is 10.7. The molecule has 11 rings (SSSR count). The van der Waals surface area contributed by atoms with E-state index in [-0.39, 0.29) is 66.6 Å². The third-order valence-electron chi connectivity index (χ3n) is 16.2. The number of ether oxygens (including phenoxy) is 2. The fraction of sp³-hybridized carbons (Fsp3) is 0.424. The highest BCUT2D eigenvalue weighted by atomic mass is 35.5. The summed E-state index contributed by atoms with van der Waals surface area (Å²) in [6.07, 6.45) is 7.22. The Labute approximate surface area is 509 Å². The summed E-state index contributed by atoms with van der Waals surface area (Å²) in [5, 5.41) is 30.0. The van der Waals surface area contributed by atoms with E-state index in [4.69, 9.17) is 55.8 Å². The first-order valence-electron chi connectivity index (χ1n) is 29.7. The van der Waals surface area contributed by atoms with Gasteiger partial charge in [-0.05, 0) is 164 Å². The first kappa shape index (κ1) is 62.3. The summed E-state index contributed by atoms with van der Waals surface area (Å²) < 4.78 is 26.1. The first-order chi connectivity index (χ1) is 41.1. The zero-order valence-corrected chi connectivity index (χ0v) is 52.1. The van der Waals surface area contributed by atoms with Crippen molar-refractivity contribution in [3.05, 3.63) is 136 Å². The quantitative estimate of drug-likeness (QED) is 0.0822. The number of anilines is 2. The van der Waals surface area contributed by atoms with Crippen molar-refractivity contribution in [3.8, 4) is 34.6 Å². The number of pyridine rings is 4. The van der Waals surface area contributed by atoms with E-state index < -0.39 is 11.9 Å². The van der Waals surface area contributed by atoms with Gasteiger partial charge >= 0.3 is 19.1 Å². The molecule has 2 aromatic carbocycles. The smallest absolute Gasteiger partial charge is 0.461 e. The van der Waals surface area contributed by atoms with Crippen molar-refractivity contribution in [2.75, 3.05) is 49.2 Å². The highest BCUT2D eigenvalue weighted by Gasteiger charge is 2.52. The van der Waals surface area contributed by atoms with Gasteiger partial charge in [0.25, 0.3) is 0 Å². The van der Waals surface area contributed by atoms with Gasteiger partial charge in [0, 0.05) is 61.4 Å². The van der Waals surface area contributed by atoms with Crippen molar-refractivity contribution < 1.29 is 28.4 Å². The number of esters is 2. The molecule has 0 unspecified atom stereocenters. The molecule has 0 aliphatic carbocycles. The Kier molecular flexibility index (Phi) is 19.3. The molecule has 9 heterocycles. The SMILES string of the molecule is CC1(C)OB(c2ccc(N3CCC(C#N)CC3)nc2)OC1(C)C.CCOC(=O)c1cc(-c2ccc(N3CCC(C#N)CC3)nc2)c2c(C(C)C)nn(-c3cccc(C)c3)c2n1.CCOC(=O)c1cc(Cl)c2c(C(C)C)nn(-c3cccc(C)c3)c2n1. The molecule has 18 nitrogen and oxygen atoms in total. The molecule has 20 heteroatoms. The van der Waals surface area contributed by atoms with Gasteiger partial charge in [-0.15, -0.1) is 0 Å². The lowest BCUT2D eigenvalue weighted by Gasteiger charge is -2.32. The minimum atomic E-state index is -0.491. The van der Waals surface area contributed by atoms with Crippen molar-refractivity contribution in [1.29, 1.82) is 10.5 Å². The molecular formula is C66H76BClN12O6. The van der Waals surface area contributed by atoms with E-state index in [1.807, 2.05) is 125 Å². The lowest BCUT2D eigenvalue weighted by Crippen LogP contribution is -2.41. The maximum Gasteiger partial charge on any atom is 0.496 e. The van der Waals surface area contributed by atoms with E-state index in [1.165, 1.54) is 0 Å². The molecule has 0 saturated carbocycles. The van der Waals surface area contributed by atoms with E-state index in [1.54, 1.807) is 30.7 Å². The number of aryl methyl sites for hydroxylation is 2. The molecular weight excluding hydrogens is 1100 g/mol. The summed E-state index contributed by atoms with van der Waals surface area (Å²) in [4.78, 5) is 48.1. The van der Waals surface area contributed by atoms with E-state index in [9.17, 15) is 14.9 Å². The van der Waals surface area contributed by atoms with Gasteiger partial charge in [0.1, 0.15) is 11.6 Å². The van der Waals surface area contributed by atoms with Crippen LogP contribution < -0.4 is 15.3 Å². The van der Waals surface area contributed by atoms with Crippen LogP contribution in [-0.2, 0) is 18.8 Å². The lowest BCUT2D eigenvalue weighted by molar-refractivity contribution is 0.00578. The summed E-state index contributed by atoms with van der Waals surface area (Å²) in [5.74, 6) is 1.50. The van der Waals surface area contributed by atoms with Crippen LogP contribution in [0.25, 0.3) is 44.6 Å². The number of hydrogen-bond donors (Lipinski definition) is 0. The van der Waals surface area contributed by atoms with Crippen LogP contribution in [0.2, 0.25) is 5.02 Å². The summed E-state index contributed by atoms with van der Waals surface area (Å²) in [7, 11) is -0.370. The Bertz CT molecular complexity index is 3800. The summed E-state index contributed by atoms with van der Waals surface area (Å²) >= 11 is 6.49. The average Bonchev–Trinajstić information content (AvgIpc) is 2.43. The molecule has 0 bridgehead atoms. The van der Waals surface area contributed by atoms with E-state index in [0.717, 1.165) is 125 Å². The van der Waals surface area contributed by atoms with Crippen LogP contribution in [0.1, 0.15) is 150 Å². The number of rotatable bonds is 12. The minimum absolute atomic E-state index is 0.122. The molecule has 86 heavy (non-hydrogen) atoms. The standard InChI is InChI=1S/C30H32N6O2.C19H20ClN3O2.C17H24BN3O2/c1-5-38-30(37)25-16-24(22-9-10-26(32-18-22)35-13-11-21(17-31)12-14-35)27-28(19(2)3)34-36(29(27)33-25)23-8-6-7-20(4)15-23;1-5-25-19(24)15-10-14(20)16-17(11(2)3)22-23(18(16)21-15)13-8-6-7-12(4)9-13;1-16(2)17(3,4)23-18(22-16)14-5-6-15(20-12-14)21-9-7-13(11-19)8-10-21/h6-10,15-16,18-19,21H,5,11-14H2,1-4H3;6-11H,5H2,1-4H3;5-6,12-13H,7-10H2,1-4H3. The number of nitrogens with zero attached hydrogens (tertiary/aromatic N) is 12. The van der Waals surface area contributed by atoms with Crippen LogP contribution in [0.15, 0.2) is 97.3 Å². The van der Waals surface area contributed by atoms with Crippen LogP contribution >= 0.6 is 11.6 Å². The maximum absolute atomic E-state index is 12.9. The second-order valence-electron chi connectivity index (χ2n) is 23.7. The normalized spacial score (nSPS) is 15.9. The number of fused-ring (bicyclic) bond motifs is 2. The Hall–Kier alpha value is -8.23. The molecule has 446 valence electrons. The average molecular weight is 1180 g/mol. The number of aromatic nitrogens is 8. The maximum atomic E-state index is 12.9. The summed E-state index contributed by atoms with van der Waals surface area (Å²) in [6.45, 7) is 28.1. The van der Waals surface area contributed by atoms with Gasteiger partial charge in [-0.2, -0.15) is 20.7 Å². The predicted molar refractivity (Wildman–Crippen MR) is 337 cm³/mol. The van der Waals surface area contributed by atoms with Gasteiger partial charge in [0.05, 0.1) is 75.1 Å². The first-order valence-corrected chi connectivity index (χ1v) is 30.1. The van der Waals surface area contributed by atoms with Gasteiger partial charge in [0.2, 0.25) is 0 Å². The zero-order chi connectivity index (χ0) is 61.6. The van der Waals surface area contributed by atoms with Crippen LogP contribution in [-0.4, -0.2) is 109 Å². The van der Waals surface area contributed by atoms with Gasteiger partial charge in [-0.3, -0.25) is 0 Å². The topological polar surface area (TPSA) is 212 Å². The number of carbonyl (C=O) groups excluding carboxylic acids is 2. The third-order valence-corrected chi connectivity index (χ3v) is 16.5. The molecule has 3 fully saturated rings. The molecule has 0 atom stereocenters. The molecule has 3 aliphatic heterocycles. The number of hydrogen-bond acceptors (Lipinski definition) is 16. The van der Waals surface area contributed by atoms with Gasteiger partial charge in [-0.25, -0.2) is 38.9 Å². The molecule has 0 amide bonds. The second-order valence-corrected chi connectivity index (χ2v) is 24.1. The molecule has 3 saturated heterocycles. The molecule has 0 spiro atoms. The fourth-order valence-corrected chi connectivity index (χ4v) is 11.0. The molecule has 6 aromatic heterocycles. The summed E-state index contributed by atoms with van der Waals surface area (Å²) in [6, 6.07) is 32.2. The Morgan fingerprint density at radius 1 is 0.651 bits per heavy atom. The Morgan fingerprint density at radius 2 is 1.10 bits per heavy atom. The van der Waals surface area contributed by atoms with Crippen molar-refractivity contribution in [3.63, 3.8) is 0 Å². The molecule has 8 aromatic rings. The van der Waals surface area contributed by atoms with Crippen molar-refractivity contribution in [2.24, 2.45) is 11.8 Å². The van der Waals surface area contributed by atoms with E-state index >= 15 is 0 Å². The number of carbonyl (C=O) groups is 2. The van der Waals surface area contributed by atoms with Crippen molar-refractivity contribution in [2.45, 2.75) is 132 Å². The monoisotopic (exact) mass is 1180 g/mol. The predicted octanol–water partition coefficient (Wildman–Crippen LogP) is 12.6. The lowest BCUT2D eigenvalue weighted by atomic mass is 9.80. The van der Waals surface area contributed by atoms with Gasteiger partial charge in [0.15, 0.2) is 22.7 Å². The molecule has 3 aliphatic rings. The number of halogens is 1. The highest BCUT2D eigenvalue weighted by Crippen LogP contribution is 2.39. The highest BCUT2D eigenvalue weighted by molar-refractivity contribution is 6.62. The van der Waals surface area contributed by atoms with Crippen LogP contribution in [0, 0.1) is 48.3 Å². The van der Waals surface area contributed by atoms with Crippen molar-refractivity contribution >= 4 is 69.8 Å². The Morgan fingerprint density at radius 3 is 1.52 bits per heavy atom. The van der Waals surface area contributed by atoms with Crippen molar-refractivity contribution in [1.82, 2.24) is 39.5 Å². The largest absolute Gasteiger partial charge is 0.496 e. The van der Waals surface area contributed by atoms with Crippen LogP contribution in [0.3, 0.4) is 0 Å². The number of nitriles is 2. The number of piperidine rings is 2. The Balaban J connectivity index is 0.000000161. The third kappa shape index (κ3) is 13.6. The second kappa shape index (κ2) is 26.6.